The number of nitrogens with one attached hydrogen (secondary N) is 1. The minimum atomic E-state index is 0.444. The van der Waals surface area contributed by atoms with E-state index in [2.05, 4.69) is 57.3 Å². The zero-order chi connectivity index (χ0) is 13.2. The molecule has 0 radical (unpaired) electrons. The predicted octanol–water partition coefficient (Wildman–Crippen LogP) is 3.73. The van der Waals surface area contributed by atoms with E-state index in [1.807, 2.05) is 0 Å². The Hall–Kier alpha value is -0.380. The van der Waals surface area contributed by atoms with Gasteiger partial charge in [0, 0.05) is 29.1 Å². The van der Waals surface area contributed by atoms with Crippen molar-refractivity contribution in [3.8, 4) is 0 Å². The summed E-state index contributed by atoms with van der Waals surface area (Å²) in [5.41, 5.74) is 1.39. The Morgan fingerprint density at radius 3 is 2.74 bits per heavy atom. The zero-order valence-electron chi connectivity index (χ0n) is 11.6. The smallest absolute Gasteiger partial charge is 0.0295 e. The highest BCUT2D eigenvalue weighted by Gasteiger charge is 2.35. The fourth-order valence-electron chi connectivity index (χ4n) is 3.61. The van der Waals surface area contributed by atoms with Crippen molar-refractivity contribution in [2.45, 2.75) is 50.7 Å². The van der Waals surface area contributed by atoms with Gasteiger partial charge in [-0.1, -0.05) is 34.5 Å². The highest BCUT2D eigenvalue weighted by molar-refractivity contribution is 9.10. The molecule has 2 heterocycles. The molecule has 0 amide bonds. The van der Waals surface area contributed by atoms with Crippen LogP contribution in [0.5, 0.6) is 0 Å². The molecular weight excluding hydrogens is 300 g/mol. The minimum Gasteiger partial charge on any atom is -0.306 e. The molecule has 0 aliphatic carbocycles. The molecule has 104 valence electrons. The number of nitrogens with zero attached hydrogens (tertiary/aromatic N) is 1. The Morgan fingerprint density at radius 2 is 1.95 bits per heavy atom. The van der Waals surface area contributed by atoms with Crippen molar-refractivity contribution in [1.29, 1.82) is 0 Å². The average Bonchev–Trinajstić information content (AvgIpc) is 2.83. The van der Waals surface area contributed by atoms with Gasteiger partial charge in [-0.3, -0.25) is 4.90 Å². The fraction of sp³-hybridized carbons (Fsp3) is 0.625. The van der Waals surface area contributed by atoms with Crippen LogP contribution in [0.4, 0.5) is 0 Å². The monoisotopic (exact) mass is 322 g/mol. The molecule has 1 aromatic rings. The molecule has 2 unspecified atom stereocenters. The Labute approximate surface area is 124 Å². The van der Waals surface area contributed by atoms with Crippen LogP contribution in [0.15, 0.2) is 28.7 Å². The molecule has 2 saturated heterocycles. The van der Waals surface area contributed by atoms with Gasteiger partial charge < -0.3 is 5.32 Å². The fourth-order valence-corrected chi connectivity index (χ4v) is 3.87. The Kier molecular flexibility index (Phi) is 4.25. The van der Waals surface area contributed by atoms with E-state index in [1.54, 1.807) is 0 Å². The molecule has 2 aliphatic heterocycles. The summed E-state index contributed by atoms with van der Waals surface area (Å²) in [6, 6.07) is 10.6. The standard InChI is InChI=1S/C16H23BrN2/c1-12(13-5-7-14(17)8-6-13)18-15-9-11-19-10-3-2-4-16(15)19/h5-8,12,15-16,18H,2-4,9-11H2,1H3/t12-,15?,16?/m0/s1. The number of rotatable bonds is 3. The summed E-state index contributed by atoms with van der Waals surface area (Å²) in [6.07, 6.45) is 5.49. The summed E-state index contributed by atoms with van der Waals surface area (Å²) >= 11 is 3.50. The van der Waals surface area contributed by atoms with E-state index in [-0.39, 0.29) is 0 Å². The number of piperidine rings is 1. The summed E-state index contributed by atoms with van der Waals surface area (Å²) in [4.78, 5) is 2.69. The molecule has 1 aromatic carbocycles. The number of halogens is 1. The predicted molar refractivity (Wildman–Crippen MR) is 83.3 cm³/mol. The molecule has 2 aliphatic rings. The molecule has 0 saturated carbocycles. The van der Waals surface area contributed by atoms with Crippen LogP contribution in [-0.2, 0) is 0 Å². The van der Waals surface area contributed by atoms with Crippen molar-refractivity contribution in [3.05, 3.63) is 34.3 Å². The van der Waals surface area contributed by atoms with E-state index in [4.69, 9.17) is 0 Å². The Bertz CT molecular complexity index is 417. The van der Waals surface area contributed by atoms with Gasteiger partial charge in [-0.05, 0) is 50.4 Å². The molecule has 2 nitrogen and oxygen atoms in total. The topological polar surface area (TPSA) is 15.3 Å². The van der Waals surface area contributed by atoms with E-state index in [0.717, 1.165) is 10.5 Å². The van der Waals surface area contributed by atoms with E-state index < -0.39 is 0 Å². The molecular formula is C16H23BrN2. The first-order chi connectivity index (χ1) is 9.24. The van der Waals surface area contributed by atoms with E-state index in [0.29, 0.717) is 12.1 Å². The normalized spacial score (nSPS) is 29.2. The van der Waals surface area contributed by atoms with Crippen LogP contribution in [0.3, 0.4) is 0 Å². The highest BCUT2D eigenvalue weighted by atomic mass is 79.9. The van der Waals surface area contributed by atoms with Gasteiger partial charge in [0.25, 0.3) is 0 Å². The molecule has 0 aromatic heterocycles. The lowest BCUT2D eigenvalue weighted by atomic mass is 9.97. The molecule has 3 rings (SSSR count). The van der Waals surface area contributed by atoms with E-state index >= 15 is 0 Å². The first-order valence-corrected chi connectivity index (χ1v) is 8.29. The maximum absolute atomic E-state index is 3.86. The van der Waals surface area contributed by atoms with Gasteiger partial charge in [-0.2, -0.15) is 0 Å². The third-order valence-corrected chi connectivity index (χ3v) is 5.22. The largest absolute Gasteiger partial charge is 0.306 e. The van der Waals surface area contributed by atoms with Gasteiger partial charge in [-0.25, -0.2) is 0 Å². The summed E-state index contributed by atoms with van der Waals surface area (Å²) in [7, 11) is 0. The van der Waals surface area contributed by atoms with Crippen LogP contribution in [0, 0.1) is 0 Å². The SMILES string of the molecule is C[C@H](NC1CCN2CCCCC12)c1ccc(Br)cc1. The lowest BCUT2D eigenvalue weighted by molar-refractivity contribution is 0.177. The Balaban J connectivity index is 1.63. The second kappa shape index (κ2) is 5.94. The van der Waals surface area contributed by atoms with Crippen molar-refractivity contribution < 1.29 is 0 Å². The van der Waals surface area contributed by atoms with Gasteiger partial charge in [-0.15, -0.1) is 0 Å². The van der Waals surface area contributed by atoms with Crippen LogP contribution in [0.25, 0.3) is 0 Å². The van der Waals surface area contributed by atoms with Crippen molar-refractivity contribution in [3.63, 3.8) is 0 Å². The van der Waals surface area contributed by atoms with Crippen molar-refractivity contribution in [2.24, 2.45) is 0 Å². The molecule has 0 spiro atoms. The summed E-state index contributed by atoms with van der Waals surface area (Å²) in [5.74, 6) is 0. The number of hydrogen-bond donors (Lipinski definition) is 1. The average molecular weight is 323 g/mol. The first kappa shape index (κ1) is 13.6. The van der Waals surface area contributed by atoms with Crippen LogP contribution in [0.1, 0.15) is 44.2 Å². The van der Waals surface area contributed by atoms with E-state index in [1.165, 1.54) is 44.3 Å². The molecule has 19 heavy (non-hydrogen) atoms. The van der Waals surface area contributed by atoms with Crippen molar-refractivity contribution >= 4 is 15.9 Å². The highest BCUT2D eigenvalue weighted by Crippen LogP contribution is 2.29. The van der Waals surface area contributed by atoms with Crippen LogP contribution in [-0.4, -0.2) is 30.1 Å². The lowest BCUT2D eigenvalue weighted by Crippen LogP contribution is -2.45. The molecule has 1 N–H and O–H groups in total. The summed E-state index contributed by atoms with van der Waals surface area (Å²) in [6.45, 7) is 4.89. The number of benzene rings is 1. The molecule has 3 heteroatoms. The lowest BCUT2D eigenvalue weighted by Gasteiger charge is -2.34. The second-order valence-corrected chi connectivity index (χ2v) is 6.85. The maximum Gasteiger partial charge on any atom is 0.0295 e. The van der Waals surface area contributed by atoms with Crippen molar-refractivity contribution in [1.82, 2.24) is 10.2 Å². The summed E-state index contributed by atoms with van der Waals surface area (Å²) < 4.78 is 1.16. The third-order valence-electron chi connectivity index (χ3n) is 4.69. The van der Waals surface area contributed by atoms with Crippen molar-refractivity contribution in [2.75, 3.05) is 13.1 Å². The molecule has 0 bridgehead atoms. The number of hydrogen-bond acceptors (Lipinski definition) is 2. The van der Waals surface area contributed by atoms with Gasteiger partial charge in [0.2, 0.25) is 0 Å². The zero-order valence-corrected chi connectivity index (χ0v) is 13.2. The van der Waals surface area contributed by atoms with Gasteiger partial charge >= 0.3 is 0 Å². The first-order valence-electron chi connectivity index (χ1n) is 7.49. The second-order valence-electron chi connectivity index (χ2n) is 5.93. The van der Waals surface area contributed by atoms with Gasteiger partial charge in [0.1, 0.15) is 0 Å². The third kappa shape index (κ3) is 3.04. The number of fused-ring (bicyclic) bond motifs is 1. The van der Waals surface area contributed by atoms with Crippen LogP contribution < -0.4 is 5.32 Å². The molecule has 2 fully saturated rings. The maximum atomic E-state index is 3.86. The van der Waals surface area contributed by atoms with E-state index in [9.17, 15) is 0 Å². The van der Waals surface area contributed by atoms with Crippen LogP contribution >= 0.6 is 15.9 Å². The van der Waals surface area contributed by atoms with Gasteiger partial charge in [0.05, 0.1) is 0 Å². The summed E-state index contributed by atoms with van der Waals surface area (Å²) in [5, 5.41) is 3.86. The van der Waals surface area contributed by atoms with Crippen LogP contribution in [0.2, 0.25) is 0 Å². The Morgan fingerprint density at radius 1 is 1.16 bits per heavy atom. The van der Waals surface area contributed by atoms with Gasteiger partial charge in [0.15, 0.2) is 0 Å². The molecule has 3 atom stereocenters. The minimum absolute atomic E-state index is 0.444. The quantitative estimate of drug-likeness (QED) is 0.912.